The SMILES string of the molecule is O=C(CN1CN(c2ccccc2)C2(CCN(C(=O)C3CCC3)CC2)C1=O)NCc1ccco1. The Kier molecular flexibility index (Phi) is 5.83. The Balaban J connectivity index is 1.30. The first-order valence-electron chi connectivity index (χ1n) is 11.8. The molecule has 3 aliphatic rings. The molecule has 1 spiro atoms. The van der Waals surface area contributed by atoms with Crippen molar-refractivity contribution in [2.45, 2.75) is 44.2 Å². The molecule has 8 nitrogen and oxygen atoms in total. The molecular weight excluding hydrogens is 420 g/mol. The highest BCUT2D eigenvalue weighted by Crippen LogP contribution is 2.40. The predicted octanol–water partition coefficient (Wildman–Crippen LogP) is 2.36. The van der Waals surface area contributed by atoms with E-state index >= 15 is 0 Å². The minimum absolute atomic E-state index is 0.00462. The molecule has 33 heavy (non-hydrogen) atoms. The van der Waals surface area contributed by atoms with E-state index in [1.54, 1.807) is 23.3 Å². The Morgan fingerprint density at radius 1 is 1.06 bits per heavy atom. The minimum Gasteiger partial charge on any atom is -0.467 e. The average molecular weight is 451 g/mol. The fraction of sp³-hybridized carbons (Fsp3) is 0.480. The van der Waals surface area contributed by atoms with Crippen molar-refractivity contribution in [3.63, 3.8) is 0 Å². The molecule has 2 aromatic rings. The summed E-state index contributed by atoms with van der Waals surface area (Å²) in [5.74, 6) is 0.819. The van der Waals surface area contributed by atoms with E-state index in [9.17, 15) is 14.4 Å². The Labute approximate surface area is 193 Å². The van der Waals surface area contributed by atoms with E-state index in [-0.39, 0.29) is 30.2 Å². The Morgan fingerprint density at radius 3 is 2.45 bits per heavy atom. The summed E-state index contributed by atoms with van der Waals surface area (Å²) in [7, 11) is 0. The number of para-hydroxylation sites is 1. The monoisotopic (exact) mass is 450 g/mol. The molecule has 1 aromatic heterocycles. The summed E-state index contributed by atoms with van der Waals surface area (Å²) in [4.78, 5) is 44.7. The highest BCUT2D eigenvalue weighted by Gasteiger charge is 2.54. The summed E-state index contributed by atoms with van der Waals surface area (Å²) in [5, 5.41) is 2.83. The molecule has 1 saturated carbocycles. The molecule has 0 unspecified atom stereocenters. The van der Waals surface area contributed by atoms with Crippen LogP contribution in [-0.4, -0.2) is 59.4 Å². The van der Waals surface area contributed by atoms with Crippen LogP contribution < -0.4 is 10.2 Å². The van der Waals surface area contributed by atoms with Gasteiger partial charge >= 0.3 is 0 Å². The smallest absolute Gasteiger partial charge is 0.250 e. The average Bonchev–Trinajstić information content (AvgIpc) is 3.41. The van der Waals surface area contributed by atoms with Crippen LogP contribution >= 0.6 is 0 Å². The summed E-state index contributed by atoms with van der Waals surface area (Å²) < 4.78 is 5.26. The molecule has 1 N–H and O–H groups in total. The molecule has 3 fully saturated rings. The van der Waals surface area contributed by atoms with Gasteiger partial charge in [-0.3, -0.25) is 14.4 Å². The number of nitrogens with one attached hydrogen (secondary N) is 1. The quantitative estimate of drug-likeness (QED) is 0.730. The lowest BCUT2D eigenvalue weighted by molar-refractivity contribution is -0.143. The van der Waals surface area contributed by atoms with Crippen molar-refractivity contribution >= 4 is 23.4 Å². The molecule has 2 saturated heterocycles. The molecule has 8 heteroatoms. The highest BCUT2D eigenvalue weighted by molar-refractivity contribution is 5.96. The molecule has 0 bridgehead atoms. The maximum Gasteiger partial charge on any atom is 0.250 e. The van der Waals surface area contributed by atoms with Gasteiger partial charge in [0.05, 0.1) is 19.5 Å². The maximum absolute atomic E-state index is 13.7. The van der Waals surface area contributed by atoms with E-state index in [2.05, 4.69) is 10.2 Å². The zero-order valence-electron chi connectivity index (χ0n) is 18.7. The van der Waals surface area contributed by atoms with Crippen LogP contribution in [0.1, 0.15) is 37.9 Å². The third-order valence-electron chi connectivity index (χ3n) is 7.31. The molecule has 2 aliphatic heterocycles. The van der Waals surface area contributed by atoms with E-state index < -0.39 is 5.54 Å². The van der Waals surface area contributed by atoms with Crippen molar-refractivity contribution in [1.29, 1.82) is 0 Å². The number of anilines is 1. The van der Waals surface area contributed by atoms with Gasteiger partial charge in [-0.25, -0.2) is 0 Å². The van der Waals surface area contributed by atoms with Gasteiger partial charge in [-0.2, -0.15) is 0 Å². The van der Waals surface area contributed by atoms with Crippen molar-refractivity contribution in [3.8, 4) is 0 Å². The number of benzene rings is 1. The van der Waals surface area contributed by atoms with E-state index in [0.717, 1.165) is 24.9 Å². The van der Waals surface area contributed by atoms with Gasteiger partial charge in [0, 0.05) is 24.7 Å². The number of furan rings is 1. The van der Waals surface area contributed by atoms with E-state index in [4.69, 9.17) is 4.42 Å². The van der Waals surface area contributed by atoms with Gasteiger partial charge < -0.3 is 24.4 Å². The molecule has 1 aromatic carbocycles. The number of likely N-dealkylation sites (tertiary alicyclic amines) is 1. The van der Waals surface area contributed by atoms with Gasteiger partial charge in [0.25, 0.3) is 5.91 Å². The Bertz CT molecular complexity index is 995. The van der Waals surface area contributed by atoms with Crippen LogP contribution in [0, 0.1) is 5.92 Å². The van der Waals surface area contributed by atoms with Gasteiger partial charge in [0.2, 0.25) is 11.8 Å². The molecule has 3 heterocycles. The topological polar surface area (TPSA) is 86.1 Å². The lowest BCUT2D eigenvalue weighted by Gasteiger charge is -2.44. The van der Waals surface area contributed by atoms with E-state index in [0.29, 0.717) is 44.9 Å². The minimum atomic E-state index is -0.723. The lowest BCUT2D eigenvalue weighted by Crippen LogP contribution is -2.58. The highest BCUT2D eigenvalue weighted by atomic mass is 16.3. The number of hydrogen-bond donors (Lipinski definition) is 1. The van der Waals surface area contributed by atoms with E-state index in [1.807, 2.05) is 35.2 Å². The second kappa shape index (κ2) is 8.92. The van der Waals surface area contributed by atoms with E-state index in [1.165, 1.54) is 0 Å². The van der Waals surface area contributed by atoms with Crippen LogP contribution in [0.3, 0.4) is 0 Å². The summed E-state index contributed by atoms with van der Waals surface area (Å²) in [5.41, 5.74) is 0.238. The maximum atomic E-state index is 13.7. The second-order valence-corrected chi connectivity index (χ2v) is 9.25. The van der Waals surface area contributed by atoms with Crippen LogP contribution in [0.5, 0.6) is 0 Å². The van der Waals surface area contributed by atoms with Crippen LogP contribution in [0.15, 0.2) is 53.1 Å². The Hall–Kier alpha value is -3.29. The lowest BCUT2D eigenvalue weighted by atomic mass is 9.81. The van der Waals surface area contributed by atoms with Crippen LogP contribution in [0.25, 0.3) is 0 Å². The molecule has 174 valence electrons. The number of carbonyl (C=O) groups excluding carboxylic acids is 3. The van der Waals surface area contributed by atoms with Crippen molar-refractivity contribution in [2.75, 3.05) is 31.2 Å². The molecule has 5 rings (SSSR count). The first-order chi connectivity index (χ1) is 16.1. The zero-order chi connectivity index (χ0) is 22.8. The largest absolute Gasteiger partial charge is 0.467 e. The summed E-state index contributed by atoms with van der Waals surface area (Å²) >= 11 is 0. The zero-order valence-corrected chi connectivity index (χ0v) is 18.7. The second-order valence-electron chi connectivity index (χ2n) is 9.25. The number of amides is 3. The molecule has 0 atom stereocenters. The number of nitrogens with zero attached hydrogens (tertiary/aromatic N) is 3. The van der Waals surface area contributed by atoms with Crippen molar-refractivity contribution in [2.24, 2.45) is 5.92 Å². The molecule has 0 radical (unpaired) electrons. The fourth-order valence-electron chi connectivity index (χ4n) is 5.16. The molecular formula is C25H30N4O4. The summed E-state index contributed by atoms with van der Waals surface area (Å²) in [6.07, 6.45) is 5.81. The van der Waals surface area contributed by atoms with Crippen LogP contribution in [0.4, 0.5) is 5.69 Å². The van der Waals surface area contributed by atoms with Gasteiger partial charge in [0.15, 0.2) is 0 Å². The number of hydrogen-bond acceptors (Lipinski definition) is 5. The van der Waals surface area contributed by atoms with Crippen LogP contribution in [0.2, 0.25) is 0 Å². The third-order valence-corrected chi connectivity index (χ3v) is 7.31. The van der Waals surface area contributed by atoms with Gasteiger partial charge in [-0.05, 0) is 49.9 Å². The molecule has 3 amide bonds. The van der Waals surface area contributed by atoms with Crippen molar-refractivity contribution in [1.82, 2.24) is 15.1 Å². The standard InChI is InChI=1S/C25H30N4O4/c30-22(26-16-21-10-5-15-33-21)17-28-18-29(20-8-2-1-3-9-20)25(24(28)32)11-13-27(14-12-25)23(31)19-6-4-7-19/h1-3,5,8-10,15,19H,4,6-7,11-14,16-18H2,(H,26,30). The summed E-state index contributed by atoms with van der Waals surface area (Å²) in [6, 6.07) is 13.4. The first-order valence-corrected chi connectivity index (χ1v) is 11.8. The molecule has 1 aliphatic carbocycles. The van der Waals surface area contributed by atoms with Crippen molar-refractivity contribution < 1.29 is 18.8 Å². The van der Waals surface area contributed by atoms with Crippen molar-refractivity contribution in [3.05, 3.63) is 54.5 Å². The predicted molar refractivity (Wildman–Crippen MR) is 122 cm³/mol. The Morgan fingerprint density at radius 2 is 1.82 bits per heavy atom. The number of rotatable bonds is 6. The number of piperidine rings is 1. The summed E-state index contributed by atoms with van der Waals surface area (Å²) in [6.45, 7) is 1.79. The third kappa shape index (κ3) is 4.10. The fourth-order valence-corrected chi connectivity index (χ4v) is 5.16. The first kappa shape index (κ1) is 21.6. The van der Waals surface area contributed by atoms with Gasteiger partial charge in [-0.1, -0.05) is 24.6 Å². The normalized spacial score (nSPS) is 20.2. The van der Waals surface area contributed by atoms with Crippen LogP contribution in [-0.2, 0) is 20.9 Å². The number of carbonyl (C=O) groups is 3. The van der Waals surface area contributed by atoms with Gasteiger partial charge in [0.1, 0.15) is 17.8 Å². The van der Waals surface area contributed by atoms with Gasteiger partial charge in [-0.15, -0.1) is 0 Å².